The molecule has 11 heteroatoms. The van der Waals surface area contributed by atoms with Crippen LogP contribution in [0.25, 0.3) is 0 Å². The van der Waals surface area contributed by atoms with E-state index in [2.05, 4.69) is 15.5 Å². The monoisotopic (exact) mass is 535 g/mol. The van der Waals surface area contributed by atoms with Gasteiger partial charge in [0.25, 0.3) is 5.91 Å². The molecule has 5 rings (SSSR count). The number of nitrogens with one attached hydrogen (secondary N) is 1. The molecule has 38 heavy (non-hydrogen) atoms. The van der Waals surface area contributed by atoms with Crippen molar-refractivity contribution in [3.63, 3.8) is 0 Å². The van der Waals surface area contributed by atoms with E-state index in [1.807, 2.05) is 0 Å². The lowest BCUT2D eigenvalue weighted by Gasteiger charge is -2.32. The lowest BCUT2D eigenvalue weighted by Crippen LogP contribution is -2.51. The van der Waals surface area contributed by atoms with E-state index in [9.17, 15) is 18.0 Å². The average molecular weight is 536 g/mol. The second kappa shape index (κ2) is 10.9. The highest BCUT2D eigenvalue weighted by Gasteiger charge is 2.35. The maximum absolute atomic E-state index is 13.4. The first-order valence-electron chi connectivity index (χ1n) is 12.5. The molecular weight excluding hydrogens is 506 g/mol. The van der Waals surface area contributed by atoms with Gasteiger partial charge < -0.3 is 15.0 Å². The molecule has 2 saturated heterocycles. The maximum Gasteiger partial charge on any atom is 0.257 e. The number of ether oxygens (including phenoxy) is 1. The fourth-order valence-electron chi connectivity index (χ4n) is 4.77. The van der Waals surface area contributed by atoms with Gasteiger partial charge in [0, 0.05) is 32.4 Å². The molecular formula is C27H29N5O5S. The summed E-state index contributed by atoms with van der Waals surface area (Å²) in [5, 5.41) is 10.5. The third kappa shape index (κ3) is 4.99. The zero-order valence-corrected chi connectivity index (χ0v) is 21.8. The highest BCUT2D eigenvalue weighted by Crippen LogP contribution is 2.31. The molecule has 2 aliphatic rings. The van der Waals surface area contributed by atoms with Crippen LogP contribution < -0.4 is 15.0 Å². The molecule has 1 aromatic heterocycles. The summed E-state index contributed by atoms with van der Waals surface area (Å²) in [5.41, 5.74) is 0.991. The second-order valence-corrected chi connectivity index (χ2v) is 11.6. The van der Waals surface area contributed by atoms with Gasteiger partial charge in [-0.2, -0.15) is 5.10 Å². The van der Waals surface area contributed by atoms with Crippen LogP contribution in [0.5, 0.6) is 5.75 Å². The van der Waals surface area contributed by atoms with Crippen molar-refractivity contribution < 1.29 is 22.7 Å². The van der Waals surface area contributed by atoms with Gasteiger partial charge in [0.1, 0.15) is 5.75 Å². The van der Waals surface area contributed by atoms with Crippen LogP contribution in [0.2, 0.25) is 0 Å². The van der Waals surface area contributed by atoms with Crippen LogP contribution in [0.1, 0.15) is 23.2 Å². The fourth-order valence-corrected chi connectivity index (χ4v) is 6.50. The number of benzene rings is 2. The Hall–Kier alpha value is -3.83. The van der Waals surface area contributed by atoms with Gasteiger partial charge in [-0.05, 0) is 61.4 Å². The van der Waals surface area contributed by atoms with Crippen molar-refractivity contribution in [2.24, 2.45) is 5.92 Å². The number of anilines is 2. The molecule has 0 radical (unpaired) electrons. The van der Waals surface area contributed by atoms with Crippen LogP contribution in [-0.2, 0) is 14.6 Å². The quantitative estimate of drug-likeness (QED) is 0.490. The minimum Gasteiger partial charge on any atom is -0.496 e. The molecule has 0 saturated carbocycles. The van der Waals surface area contributed by atoms with E-state index >= 15 is 0 Å². The standard InChI is InChI=1S/C27H29N5O5S/c1-37-24-6-3-2-5-23(24)27(34)31-15-12-22(13-16-31)38(35,36)21-10-8-20(9-11-21)32(25-7-4-14-29-30-25)26(33)19-17-28-18-19/h2-11,14,19,22,28H,12-13,15-18H2,1H3. The molecule has 0 atom stereocenters. The zero-order chi connectivity index (χ0) is 26.7. The summed E-state index contributed by atoms with van der Waals surface area (Å²) in [6, 6.07) is 16.7. The van der Waals surface area contributed by atoms with Gasteiger partial charge in [0.05, 0.1) is 34.4 Å². The lowest BCUT2D eigenvalue weighted by molar-refractivity contribution is -0.123. The number of carbonyl (C=O) groups excluding carboxylic acids is 2. The molecule has 2 amide bonds. The summed E-state index contributed by atoms with van der Waals surface area (Å²) >= 11 is 0. The van der Waals surface area contributed by atoms with E-state index in [0.29, 0.717) is 61.8 Å². The maximum atomic E-state index is 13.4. The minimum atomic E-state index is -3.63. The highest BCUT2D eigenvalue weighted by molar-refractivity contribution is 7.92. The zero-order valence-electron chi connectivity index (χ0n) is 21.0. The van der Waals surface area contributed by atoms with Crippen LogP contribution in [0, 0.1) is 5.92 Å². The molecule has 3 aromatic rings. The molecule has 1 N–H and O–H groups in total. The first-order chi connectivity index (χ1) is 18.4. The highest BCUT2D eigenvalue weighted by atomic mass is 32.2. The summed E-state index contributed by atoms with van der Waals surface area (Å²) in [6.45, 7) is 1.84. The van der Waals surface area contributed by atoms with Crippen LogP contribution in [-0.4, -0.2) is 73.9 Å². The molecule has 2 fully saturated rings. The van der Waals surface area contributed by atoms with Crippen molar-refractivity contribution in [2.45, 2.75) is 23.0 Å². The molecule has 3 heterocycles. The van der Waals surface area contributed by atoms with Crippen LogP contribution in [0.15, 0.2) is 71.8 Å². The number of hydrogen-bond acceptors (Lipinski definition) is 8. The molecule has 0 aliphatic carbocycles. The Morgan fingerprint density at radius 3 is 2.32 bits per heavy atom. The largest absolute Gasteiger partial charge is 0.496 e. The number of methoxy groups -OCH3 is 1. The molecule has 198 valence electrons. The third-order valence-corrected chi connectivity index (χ3v) is 9.35. The second-order valence-electron chi connectivity index (χ2n) is 9.34. The van der Waals surface area contributed by atoms with Gasteiger partial charge in [-0.15, -0.1) is 5.10 Å². The molecule has 10 nitrogen and oxygen atoms in total. The van der Waals surface area contributed by atoms with E-state index < -0.39 is 15.1 Å². The molecule has 0 spiro atoms. The predicted octanol–water partition coefficient (Wildman–Crippen LogP) is 2.45. The fraction of sp³-hybridized carbons (Fsp3) is 0.333. The van der Waals surface area contributed by atoms with Crippen molar-refractivity contribution in [3.05, 3.63) is 72.4 Å². The summed E-state index contributed by atoms with van der Waals surface area (Å²) in [5.74, 6) is 0.413. The van der Waals surface area contributed by atoms with Crippen molar-refractivity contribution >= 4 is 33.2 Å². The average Bonchev–Trinajstić information content (AvgIpc) is 2.93. The summed E-state index contributed by atoms with van der Waals surface area (Å²) in [4.78, 5) is 29.5. The van der Waals surface area contributed by atoms with Crippen molar-refractivity contribution in [3.8, 4) is 5.75 Å². The van der Waals surface area contributed by atoms with E-state index in [0.717, 1.165) is 0 Å². The first kappa shape index (κ1) is 25.8. The Balaban J connectivity index is 1.30. The first-order valence-corrected chi connectivity index (χ1v) is 14.0. The number of sulfone groups is 1. The Morgan fingerprint density at radius 1 is 1.00 bits per heavy atom. The Morgan fingerprint density at radius 2 is 1.71 bits per heavy atom. The molecule has 2 aliphatic heterocycles. The van der Waals surface area contributed by atoms with Crippen LogP contribution >= 0.6 is 0 Å². The molecule has 0 unspecified atom stereocenters. The van der Waals surface area contributed by atoms with E-state index in [1.54, 1.807) is 53.4 Å². The number of aromatic nitrogens is 2. The predicted molar refractivity (Wildman–Crippen MR) is 141 cm³/mol. The number of rotatable bonds is 7. The van der Waals surface area contributed by atoms with Gasteiger partial charge in [0.2, 0.25) is 5.91 Å². The van der Waals surface area contributed by atoms with Crippen LogP contribution in [0.4, 0.5) is 11.5 Å². The Bertz CT molecular complexity index is 1400. The van der Waals surface area contributed by atoms with Gasteiger partial charge >= 0.3 is 0 Å². The lowest BCUT2D eigenvalue weighted by atomic mass is 10.0. The minimum absolute atomic E-state index is 0.119. The summed E-state index contributed by atoms with van der Waals surface area (Å²) in [7, 11) is -2.11. The SMILES string of the molecule is COc1ccccc1C(=O)N1CCC(S(=O)(=O)c2ccc(N(C(=O)C3CNC3)c3cccnn3)cc2)CC1. The number of piperidine rings is 1. The van der Waals surface area contributed by atoms with Gasteiger partial charge in [0.15, 0.2) is 15.7 Å². The Labute approximate surface area is 221 Å². The van der Waals surface area contributed by atoms with Crippen molar-refractivity contribution in [1.82, 2.24) is 20.4 Å². The number of amides is 2. The third-order valence-electron chi connectivity index (χ3n) is 7.07. The van der Waals surface area contributed by atoms with E-state index in [1.165, 1.54) is 30.3 Å². The normalized spacial score (nSPS) is 16.5. The number of nitrogens with zero attached hydrogens (tertiary/aromatic N) is 4. The number of para-hydroxylation sites is 1. The van der Waals surface area contributed by atoms with Gasteiger partial charge in [-0.3, -0.25) is 14.5 Å². The smallest absolute Gasteiger partial charge is 0.257 e. The van der Waals surface area contributed by atoms with E-state index in [4.69, 9.17) is 4.74 Å². The van der Waals surface area contributed by atoms with Crippen molar-refractivity contribution in [1.29, 1.82) is 0 Å². The van der Waals surface area contributed by atoms with Gasteiger partial charge in [-0.1, -0.05) is 12.1 Å². The topological polar surface area (TPSA) is 122 Å². The van der Waals surface area contributed by atoms with Gasteiger partial charge in [-0.25, -0.2) is 8.42 Å². The van der Waals surface area contributed by atoms with Crippen molar-refractivity contribution in [2.75, 3.05) is 38.2 Å². The number of carbonyl (C=O) groups is 2. The molecule has 2 aromatic carbocycles. The van der Waals surface area contributed by atoms with E-state index in [-0.39, 0.29) is 22.6 Å². The number of hydrogen-bond donors (Lipinski definition) is 1. The molecule has 0 bridgehead atoms. The number of likely N-dealkylation sites (tertiary alicyclic amines) is 1. The van der Waals surface area contributed by atoms with Crippen LogP contribution in [0.3, 0.4) is 0 Å². The Kier molecular flexibility index (Phi) is 7.39. The summed E-state index contributed by atoms with van der Waals surface area (Å²) in [6.07, 6.45) is 2.20. The summed E-state index contributed by atoms with van der Waals surface area (Å²) < 4.78 is 32.2.